The number of carbonyl (C=O) groups is 2. The molecule has 3 saturated carbocycles. The molecule has 3 rings (SSSR count). The highest BCUT2D eigenvalue weighted by atomic mass is 16.5. The van der Waals surface area contributed by atoms with Gasteiger partial charge in [-0.1, -0.05) is 19.3 Å². The lowest BCUT2D eigenvalue weighted by Crippen LogP contribution is -2.64. The van der Waals surface area contributed by atoms with E-state index >= 15 is 0 Å². The molecule has 1 N–H and O–H groups in total. The summed E-state index contributed by atoms with van der Waals surface area (Å²) in [5, 5.41) is 9.26. The molecule has 5 heteroatoms. The Morgan fingerprint density at radius 3 is 2.42 bits per heavy atom. The number of ether oxygens (including phenoxy) is 1. The summed E-state index contributed by atoms with van der Waals surface area (Å²) >= 11 is 0. The van der Waals surface area contributed by atoms with Gasteiger partial charge >= 0.3 is 5.97 Å². The van der Waals surface area contributed by atoms with Crippen LogP contribution in [0, 0.1) is 17.3 Å². The van der Waals surface area contributed by atoms with Crippen molar-refractivity contribution in [2.24, 2.45) is 17.3 Å². The normalized spacial score (nSPS) is 34.8. The fraction of sp³-hybridized carbons (Fsp3) is 0.895. The maximum atomic E-state index is 13.0. The van der Waals surface area contributed by atoms with Crippen molar-refractivity contribution >= 4 is 11.9 Å². The maximum Gasteiger partial charge on any atom is 0.306 e. The van der Waals surface area contributed by atoms with Crippen LogP contribution in [0.3, 0.4) is 0 Å². The quantitative estimate of drug-likeness (QED) is 0.837. The number of nitrogens with zero attached hydrogens (tertiary/aromatic N) is 1. The highest BCUT2D eigenvalue weighted by Gasteiger charge is 2.59. The summed E-state index contributed by atoms with van der Waals surface area (Å²) in [5.74, 6) is -1.05. The van der Waals surface area contributed by atoms with E-state index in [1.165, 1.54) is 12.8 Å². The number of hydrogen-bond acceptors (Lipinski definition) is 3. The molecular formula is C19H31NO4. The van der Waals surface area contributed by atoms with E-state index in [0.717, 1.165) is 38.7 Å². The average molecular weight is 337 g/mol. The fourth-order valence-electron chi connectivity index (χ4n) is 5.47. The number of amides is 1. The second-order valence-corrected chi connectivity index (χ2v) is 7.98. The van der Waals surface area contributed by atoms with E-state index in [-0.39, 0.29) is 29.2 Å². The van der Waals surface area contributed by atoms with Crippen LogP contribution in [-0.2, 0) is 14.3 Å². The minimum absolute atomic E-state index is 0.116. The molecule has 3 fully saturated rings. The summed E-state index contributed by atoms with van der Waals surface area (Å²) < 4.78 is 5.95. The molecule has 4 atom stereocenters. The molecule has 4 unspecified atom stereocenters. The minimum atomic E-state index is -0.748. The van der Waals surface area contributed by atoms with Crippen LogP contribution in [0.25, 0.3) is 0 Å². The lowest BCUT2D eigenvalue weighted by Gasteiger charge is -2.57. The average Bonchev–Trinajstić information content (AvgIpc) is 3.10. The Hall–Kier alpha value is -1.10. The molecule has 136 valence electrons. The second kappa shape index (κ2) is 7.03. The first-order chi connectivity index (χ1) is 11.5. The third-order valence-corrected chi connectivity index (χ3v) is 6.83. The standard InChI is InChI=1S/C19H31NO4/c1-3-24-16-12-15(19(16)9-4-5-10-19)20(2)17(21)13-7-6-8-14(11-13)18(22)23/h13-16H,3-12H2,1-2H3,(H,22,23). The summed E-state index contributed by atoms with van der Waals surface area (Å²) in [6.45, 7) is 2.78. The summed E-state index contributed by atoms with van der Waals surface area (Å²) in [6.07, 6.45) is 8.90. The highest BCUT2D eigenvalue weighted by Crippen LogP contribution is 2.56. The van der Waals surface area contributed by atoms with E-state index in [4.69, 9.17) is 4.74 Å². The van der Waals surface area contributed by atoms with Gasteiger partial charge in [-0.25, -0.2) is 0 Å². The molecule has 0 aromatic heterocycles. The summed E-state index contributed by atoms with van der Waals surface area (Å²) in [7, 11) is 1.93. The third kappa shape index (κ3) is 2.96. The van der Waals surface area contributed by atoms with Gasteiger partial charge in [0.15, 0.2) is 0 Å². The zero-order valence-corrected chi connectivity index (χ0v) is 15.0. The maximum absolute atomic E-state index is 13.0. The van der Waals surface area contributed by atoms with Crippen molar-refractivity contribution in [3.63, 3.8) is 0 Å². The summed E-state index contributed by atoms with van der Waals surface area (Å²) in [4.78, 5) is 26.2. The zero-order chi connectivity index (χ0) is 17.3. The Morgan fingerprint density at radius 2 is 1.79 bits per heavy atom. The largest absolute Gasteiger partial charge is 0.481 e. The van der Waals surface area contributed by atoms with Gasteiger partial charge in [0, 0.05) is 31.0 Å². The minimum Gasteiger partial charge on any atom is -0.481 e. The second-order valence-electron chi connectivity index (χ2n) is 7.98. The van der Waals surface area contributed by atoms with Crippen molar-refractivity contribution < 1.29 is 19.4 Å². The molecule has 0 radical (unpaired) electrons. The first kappa shape index (κ1) is 17.7. The Labute approximate surface area is 144 Å². The van der Waals surface area contributed by atoms with Gasteiger partial charge in [0.1, 0.15) is 0 Å². The van der Waals surface area contributed by atoms with E-state index in [2.05, 4.69) is 0 Å². The number of carboxylic acids is 1. The van der Waals surface area contributed by atoms with Crippen LogP contribution in [0.15, 0.2) is 0 Å². The van der Waals surface area contributed by atoms with E-state index in [9.17, 15) is 14.7 Å². The molecule has 0 bridgehead atoms. The molecule has 0 aromatic carbocycles. The van der Waals surface area contributed by atoms with E-state index in [1.807, 2.05) is 18.9 Å². The van der Waals surface area contributed by atoms with Gasteiger partial charge in [0.25, 0.3) is 0 Å². The fourth-order valence-corrected chi connectivity index (χ4v) is 5.47. The van der Waals surface area contributed by atoms with E-state index in [1.54, 1.807) is 0 Å². The van der Waals surface area contributed by atoms with Crippen LogP contribution in [0.5, 0.6) is 0 Å². The molecule has 0 aromatic rings. The SMILES string of the molecule is CCOC1CC(N(C)C(=O)C2CCCC(C(=O)O)C2)C12CCCC2. The number of hydrogen-bond donors (Lipinski definition) is 1. The summed E-state index contributed by atoms with van der Waals surface area (Å²) in [5.41, 5.74) is 0.154. The number of carbonyl (C=O) groups excluding carboxylic acids is 1. The van der Waals surface area contributed by atoms with E-state index < -0.39 is 5.97 Å². The molecule has 1 amide bonds. The zero-order valence-electron chi connectivity index (χ0n) is 15.0. The smallest absolute Gasteiger partial charge is 0.306 e. The number of carboxylic acid groups (broad SMARTS) is 1. The number of aliphatic carboxylic acids is 1. The first-order valence-corrected chi connectivity index (χ1v) is 9.60. The molecule has 5 nitrogen and oxygen atoms in total. The predicted octanol–water partition coefficient (Wildman–Crippen LogP) is 3.07. The Balaban J connectivity index is 1.66. The Bertz CT molecular complexity index is 486. The molecule has 0 aliphatic heterocycles. The van der Waals surface area contributed by atoms with Gasteiger partial charge < -0.3 is 14.7 Å². The molecular weight excluding hydrogens is 306 g/mol. The molecule has 0 heterocycles. The Kier molecular flexibility index (Phi) is 5.19. The molecule has 1 spiro atoms. The molecule has 3 aliphatic carbocycles. The van der Waals surface area contributed by atoms with Crippen molar-refractivity contribution in [1.82, 2.24) is 4.90 Å². The van der Waals surface area contributed by atoms with E-state index in [0.29, 0.717) is 18.9 Å². The Morgan fingerprint density at radius 1 is 1.12 bits per heavy atom. The van der Waals surface area contributed by atoms with Crippen LogP contribution in [-0.4, -0.2) is 47.7 Å². The molecule has 24 heavy (non-hydrogen) atoms. The van der Waals surface area contributed by atoms with Gasteiger partial charge in [0.05, 0.1) is 12.0 Å². The highest BCUT2D eigenvalue weighted by molar-refractivity contribution is 5.80. The first-order valence-electron chi connectivity index (χ1n) is 9.60. The lowest BCUT2D eigenvalue weighted by molar-refractivity contribution is -0.175. The molecule has 3 aliphatic rings. The lowest BCUT2D eigenvalue weighted by atomic mass is 9.59. The van der Waals surface area contributed by atoms with Crippen molar-refractivity contribution in [2.75, 3.05) is 13.7 Å². The predicted molar refractivity (Wildman–Crippen MR) is 90.6 cm³/mol. The van der Waals surface area contributed by atoms with Crippen molar-refractivity contribution in [1.29, 1.82) is 0 Å². The third-order valence-electron chi connectivity index (χ3n) is 6.83. The number of rotatable bonds is 5. The summed E-state index contributed by atoms with van der Waals surface area (Å²) in [6, 6.07) is 0.272. The van der Waals surface area contributed by atoms with Gasteiger partial charge in [-0.15, -0.1) is 0 Å². The van der Waals surface area contributed by atoms with Crippen LogP contribution in [0.2, 0.25) is 0 Å². The van der Waals surface area contributed by atoms with Gasteiger partial charge in [-0.3, -0.25) is 9.59 Å². The molecule has 0 saturated heterocycles. The van der Waals surface area contributed by atoms with Gasteiger partial charge in [-0.05, 0) is 45.4 Å². The van der Waals surface area contributed by atoms with Crippen LogP contribution < -0.4 is 0 Å². The van der Waals surface area contributed by atoms with Crippen LogP contribution in [0.4, 0.5) is 0 Å². The van der Waals surface area contributed by atoms with Crippen molar-refractivity contribution in [3.05, 3.63) is 0 Å². The van der Waals surface area contributed by atoms with Crippen LogP contribution >= 0.6 is 0 Å². The monoisotopic (exact) mass is 337 g/mol. The topological polar surface area (TPSA) is 66.8 Å². The van der Waals surface area contributed by atoms with Crippen molar-refractivity contribution in [2.45, 2.75) is 76.9 Å². The van der Waals surface area contributed by atoms with Crippen molar-refractivity contribution in [3.8, 4) is 0 Å². The van der Waals surface area contributed by atoms with Gasteiger partial charge in [-0.2, -0.15) is 0 Å². The van der Waals surface area contributed by atoms with Crippen LogP contribution in [0.1, 0.15) is 64.7 Å². The van der Waals surface area contributed by atoms with Gasteiger partial charge in [0.2, 0.25) is 5.91 Å².